The van der Waals surface area contributed by atoms with Gasteiger partial charge in [0.15, 0.2) is 0 Å². The van der Waals surface area contributed by atoms with E-state index in [1.54, 1.807) is 24.4 Å². The largest absolute Gasteiger partial charge is 0.508 e. The maximum Gasteiger partial charge on any atom is 0.419 e. The number of carbonyl (C=O) groups excluding carboxylic acids is 1. The lowest BCUT2D eigenvalue weighted by molar-refractivity contribution is 0.0547. The summed E-state index contributed by atoms with van der Waals surface area (Å²) in [4.78, 5) is 19.9. The summed E-state index contributed by atoms with van der Waals surface area (Å²) in [6.45, 7) is 7.48. The first kappa shape index (κ1) is 21.2. The molecule has 4 rings (SSSR count). The molecule has 3 heterocycles. The second-order valence-corrected chi connectivity index (χ2v) is 9.11. The van der Waals surface area contributed by atoms with Gasteiger partial charge in [-0.25, -0.2) is 14.3 Å². The number of phenolic OH excluding ortho intramolecular Hbond substituents is 1. The van der Waals surface area contributed by atoms with E-state index >= 15 is 0 Å². The predicted octanol–water partition coefficient (Wildman–Crippen LogP) is 4.40. The van der Waals surface area contributed by atoms with Crippen LogP contribution in [0.2, 0.25) is 0 Å². The fourth-order valence-electron chi connectivity index (χ4n) is 3.99. The Morgan fingerprint density at radius 3 is 2.52 bits per heavy atom. The Balaban J connectivity index is 1.68. The van der Waals surface area contributed by atoms with Gasteiger partial charge in [0, 0.05) is 36.8 Å². The molecular formula is C24H29N3O4. The number of aliphatic hydroxyl groups is 1. The Morgan fingerprint density at radius 2 is 1.90 bits per heavy atom. The number of aliphatic hydroxyl groups excluding tert-OH is 1. The Kier molecular flexibility index (Phi) is 5.62. The van der Waals surface area contributed by atoms with Crippen LogP contribution in [0.1, 0.15) is 33.6 Å². The molecule has 0 aliphatic carbocycles. The number of piperidine rings is 1. The average Bonchev–Trinajstić information content (AvgIpc) is 3.11. The van der Waals surface area contributed by atoms with E-state index in [1.165, 1.54) is 4.57 Å². The van der Waals surface area contributed by atoms with Crippen molar-refractivity contribution in [3.05, 3.63) is 42.6 Å². The third kappa shape index (κ3) is 4.51. The first-order chi connectivity index (χ1) is 14.7. The van der Waals surface area contributed by atoms with Gasteiger partial charge in [-0.15, -0.1) is 0 Å². The molecule has 1 saturated heterocycles. The zero-order valence-corrected chi connectivity index (χ0v) is 18.2. The molecule has 0 amide bonds. The van der Waals surface area contributed by atoms with Gasteiger partial charge in [0.05, 0.1) is 11.2 Å². The lowest BCUT2D eigenvalue weighted by atomic mass is 9.98. The maximum atomic E-state index is 13.0. The highest BCUT2D eigenvalue weighted by Crippen LogP contribution is 2.32. The monoisotopic (exact) mass is 423 g/mol. The molecule has 0 unspecified atom stereocenters. The summed E-state index contributed by atoms with van der Waals surface area (Å²) in [7, 11) is 0. The summed E-state index contributed by atoms with van der Waals surface area (Å²) in [5.41, 5.74) is 1.48. The van der Waals surface area contributed by atoms with Gasteiger partial charge in [0.25, 0.3) is 0 Å². The molecule has 0 atom stereocenters. The summed E-state index contributed by atoms with van der Waals surface area (Å²) >= 11 is 0. The lowest BCUT2D eigenvalue weighted by Crippen LogP contribution is -2.35. The number of pyridine rings is 1. The van der Waals surface area contributed by atoms with Gasteiger partial charge in [0.2, 0.25) is 0 Å². The number of phenols is 1. The van der Waals surface area contributed by atoms with E-state index in [-0.39, 0.29) is 12.4 Å². The van der Waals surface area contributed by atoms with E-state index in [9.17, 15) is 15.0 Å². The van der Waals surface area contributed by atoms with Crippen molar-refractivity contribution >= 4 is 22.8 Å². The van der Waals surface area contributed by atoms with Crippen molar-refractivity contribution < 1.29 is 19.7 Å². The quantitative estimate of drug-likeness (QED) is 0.649. The number of hydrogen-bond acceptors (Lipinski definition) is 6. The number of aromatic hydroxyl groups is 1. The minimum absolute atomic E-state index is 0.139. The van der Waals surface area contributed by atoms with Crippen molar-refractivity contribution in [3.63, 3.8) is 0 Å². The van der Waals surface area contributed by atoms with E-state index in [0.29, 0.717) is 17.1 Å². The summed E-state index contributed by atoms with van der Waals surface area (Å²) in [6, 6.07) is 10.7. The fourth-order valence-corrected chi connectivity index (χ4v) is 3.99. The number of benzene rings is 1. The number of rotatable bonds is 3. The molecule has 164 valence electrons. The summed E-state index contributed by atoms with van der Waals surface area (Å²) in [6.07, 6.45) is 3.20. The highest BCUT2D eigenvalue weighted by molar-refractivity contribution is 5.96. The number of fused-ring (bicyclic) bond motifs is 1. The molecule has 7 heteroatoms. The van der Waals surface area contributed by atoms with Crippen molar-refractivity contribution in [2.75, 3.05) is 24.6 Å². The van der Waals surface area contributed by atoms with Crippen LogP contribution in [-0.4, -0.2) is 51.2 Å². The van der Waals surface area contributed by atoms with Gasteiger partial charge in [-0.3, -0.25) is 0 Å². The van der Waals surface area contributed by atoms with E-state index in [4.69, 9.17) is 4.74 Å². The van der Waals surface area contributed by atoms with Crippen LogP contribution in [0.4, 0.5) is 10.6 Å². The molecule has 2 aromatic heterocycles. The second kappa shape index (κ2) is 8.23. The molecule has 0 bridgehead atoms. The third-order valence-corrected chi connectivity index (χ3v) is 5.60. The van der Waals surface area contributed by atoms with Gasteiger partial charge in [-0.05, 0) is 75.9 Å². The highest BCUT2D eigenvalue weighted by atomic mass is 16.6. The Labute approximate surface area is 181 Å². The normalized spacial score (nSPS) is 15.4. The Hall–Kier alpha value is -3.06. The molecule has 2 N–H and O–H groups in total. The van der Waals surface area contributed by atoms with Crippen molar-refractivity contribution in [3.8, 4) is 17.0 Å². The number of anilines is 1. The van der Waals surface area contributed by atoms with E-state index < -0.39 is 11.7 Å². The second-order valence-electron chi connectivity index (χ2n) is 9.11. The first-order valence-electron chi connectivity index (χ1n) is 10.7. The van der Waals surface area contributed by atoms with Crippen molar-refractivity contribution in [1.82, 2.24) is 9.55 Å². The van der Waals surface area contributed by atoms with Crippen LogP contribution in [0.5, 0.6) is 5.75 Å². The molecule has 0 radical (unpaired) electrons. The van der Waals surface area contributed by atoms with Gasteiger partial charge in [-0.1, -0.05) is 0 Å². The van der Waals surface area contributed by atoms with Crippen LogP contribution in [0.3, 0.4) is 0 Å². The number of aromatic nitrogens is 2. The zero-order valence-electron chi connectivity index (χ0n) is 18.2. The first-order valence-corrected chi connectivity index (χ1v) is 10.7. The summed E-state index contributed by atoms with van der Waals surface area (Å²) in [5.74, 6) is 1.40. The molecular weight excluding hydrogens is 394 g/mol. The Morgan fingerprint density at radius 1 is 1.16 bits per heavy atom. The summed E-state index contributed by atoms with van der Waals surface area (Å²) in [5, 5.41) is 20.0. The Bertz CT molecular complexity index is 1070. The molecule has 1 aliphatic heterocycles. The van der Waals surface area contributed by atoms with Crippen LogP contribution >= 0.6 is 0 Å². The smallest absolute Gasteiger partial charge is 0.419 e. The molecule has 7 nitrogen and oxygen atoms in total. The van der Waals surface area contributed by atoms with E-state index in [0.717, 1.165) is 42.7 Å². The maximum absolute atomic E-state index is 13.0. The van der Waals surface area contributed by atoms with E-state index in [1.807, 2.05) is 39.0 Å². The number of carbonyl (C=O) groups is 1. The minimum atomic E-state index is -0.634. The van der Waals surface area contributed by atoms with Crippen LogP contribution in [0, 0.1) is 5.92 Å². The van der Waals surface area contributed by atoms with Crippen LogP contribution in [0.15, 0.2) is 42.6 Å². The SMILES string of the molecule is CC(C)(C)OC(=O)n1c(-c2ccc(N3CCC(CO)CC3)nc2)cc2cc(O)ccc21. The molecule has 1 aromatic carbocycles. The highest BCUT2D eigenvalue weighted by Gasteiger charge is 2.24. The molecule has 31 heavy (non-hydrogen) atoms. The summed E-state index contributed by atoms with van der Waals surface area (Å²) < 4.78 is 7.17. The van der Waals surface area contributed by atoms with Crippen LogP contribution in [0.25, 0.3) is 22.2 Å². The van der Waals surface area contributed by atoms with Gasteiger partial charge in [0.1, 0.15) is 17.2 Å². The van der Waals surface area contributed by atoms with Gasteiger partial charge in [-0.2, -0.15) is 0 Å². The lowest BCUT2D eigenvalue weighted by Gasteiger charge is -2.32. The molecule has 0 spiro atoms. The third-order valence-electron chi connectivity index (χ3n) is 5.60. The van der Waals surface area contributed by atoms with Crippen molar-refractivity contribution in [2.45, 2.75) is 39.2 Å². The van der Waals surface area contributed by atoms with Gasteiger partial charge < -0.3 is 19.8 Å². The van der Waals surface area contributed by atoms with Crippen molar-refractivity contribution in [1.29, 1.82) is 0 Å². The number of hydrogen-bond donors (Lipinski definition) is 2. The zero-order chi connectivity index (χ0) is 22.2. The molecule has 1 aliphatic rings. The molecule has 1 fully saturated rings. The van der Waals surface area contributed by atoms with Crippen molar-refractivity contribution in [2.24, 2.45) is 5.92 Å². The van der Waals surface area contributed by atoms with Gasteiger partial charge >= 0.3 is 6.09 Å². The van der Waals surface area contributed by atoms with Crippen LogP contribution in [-0.2, 0) is 4.74 Å². The van der Waals surface area contributed by atoms with Crippen LogP contribution < -0.4 is 4.90 Å². The standard InChI is InChI=1S/C24H29N3O4/c1-24(2,3)31-23(30)27-20-6-5-19(29)12-18(20)13-21(27)17-4-7-22(25-14-17)26-10-8-16(15-28)9-11-26/h4-7,12-14,16,28-29H,8-11,15H2,1-3H3. The van der Waals surface area contributed by atoms with E-state index in [2.05, 4.69) is 9.88 Å². The fraction of sp³-hybridized carbons (Fsp3) is 0.417. The molecule has 3 aromatic rings. The average molecular weight is 424 g/mol. The predicted molar refractivity (Wildman–Crippen MR) is 120 cm³/mol. The number of ether oxygens (including phenoxy) is 1. The number of nitrogens with zero attached hydrogens (tertiary/aromatic N) is 3. The molecule has 0 saturated carbocycles. The minimum Gasteiger partial charge on any atom is -0.508 e. The topological polar surface area (TPSA) is 87.8 Å².